The summed E-state index contributed by atoms with van der Waals surface area (Å²) in [5, 5.41) is 19.3. The van der Waals surface area contributed by atoms with Crippen molar-refractivity contribution in [2.45, 2.75) is 64.1 Å². The number of carbonyl (C=O) groups excluding carboxylic acids is 3. The maximum Gasteiger partial charge on any atom is 0.410 e. The van der Waals surface area contributed by atoms with Gasteiger partial charge in [0.1, 0.15) is 5.60 Å². The molecule has 2 amide bonds. The highest BCUT2D eigenvalue weighted by Crippen LogP contribution is 2.32. The first-order valence-corrected chi connectivity index (χ1v) is 10.2. The molecule has 0 unspecified atom stereocenters. The molecule has 2 rings (SSSR count). The molecule has 166 valence electrons. The monoisotopic (exact) mass is 414 g/mol. The summed E-state index contributed by atoms with van der Waals surface area (Å²) >= 11 is 0. The zero-order valence-corrected chi connectivity index (χ0v) is 17.8. The summed E-state index contributed by atoms with van der Waals surface area (Å²) in [5.74, 6) is -1.02. The lowest BCUT2D eigenvalue weighted by Crippen LogP contribution is -2.47. The van der Waals surface area contributed by atoms with E-state index in [4.69, 9.17) is 9.47 Å². The van der Waals surface area contributed by atoms with E-state index in [1.54, 1.807) is 25.7 Å². The highest BCUT2D eigenvalue weighted by atomic mass is 16.6. The number of hydrogen-bond donors (Lipinski definition) is 2. The number of likely N-dealkylation sites (tertiary alicyclic amines) is 2. The SMILES string of the molecule is COC(=O)C[C@@H]1[C@@H](CO)CCN1C(=O)C[C@@H]1[C@@H](CO)CCN1C(=O)OC(C)(C)C. The first-order valence-electron chi connectivity index (χ1n) is 10.2. The molecular weight excluding hydrogens is 380 g/mol. The van der Waals surface area contributed by atoms with Crippen LogP contribution in [0.3, 0.4) is 0 Å². The Morgan fingerprint density at radius 2 is 1.45 bits per heavy atom. The Morgan fingerprint density at radius 1 is 0.931 bits per heavy atom. The van der Waals surface area contributed by atoms with E-state index in [0.29, 0.717) is 25.9 Å². The van der Waals surface area contributed by atoms with Crippen molar-refractivity contribution in [2.24, 2.45) is 11.8 Å². The van der Waals surface area contributed by atoms with E-state index in [1.165, 1.54) is 12.0 Å². The van der Waals surface area contributed by atoms with Crippen LogP contribution in [0.15, 0.2) is 0 Å². The third kappa shape index (κ3) is 5.82. The number of aliphatic hydroxyl groups is 2. The lowest BCUT2D eigenvalue weighted by molar-refractivity contribution is -0.143. The zero-order valence-electron chi connectivity index (χ0n) is 17.8. The fourth-order valence-electron chi connectivity index (χ4n) is 4.22. The van der Waals surface area contributed by atoms with Crippen LogP contribution in [-0.4, -0.2) is 89.1 Å². The summed E-state index contributed by atoms with van der Waals surface area (Å²) in [4.78, 5) is 40.6. The molecule has 2 aliphatic heterocycles. The summed E-state index contributed by atoms with van der Waals surface area (Å²) in [7, 11) is 1.29. The van der Waals surface area contributed by atoms with Gasteiger partial charge in [-0.15, -0.1) is 0 Å². The fraction of sp³-hybridized carbons (Fsp3) is 0.850. The predicted molar refractivity (Wildman–Crippen MR) is 104 cm³/mol. The van der Waals surface area contributed by atoms with Crippen molar-refractivity contribution in [1.29, 1.82) is 0 Å². The number of amides is 2. The second-order valence-electron chi connectivity index (χ2n) is 8.84. The van der Waals surface area contributed by atoms with Gasteiger partial charge < -0.3 is 29.5 Å². The van der Waals surface area contributed by atoms with E-state index in [9.17, 15) is 24.6 Å². The van der Waals surface area contributed by atoms with Gasteiger partial charge in [-0.3, -0.25) is 9.59 Å². The topological polar surface area (TPSA) is 117 Å². The summed E-state index contributed by atoms with van der Waals surface area (Å²) in [6, 6.07) is -0.891. The van der Waals surface area contributed by atoms with Gasteiger partial charge >= 0.3 is 12.1 Å². The quantitative estimate of drug-likeness (QED) is 0.617. The largest absolute Gasteiger partial charge is 0.469 e. The molecule has 0 aromatic rings. The summed E-state index contributed by atoms with van der Waals surface area (Å²) < 4.78 is 10.2. The van der Waals surface area contributed by atoms with E-state index in [1.807, 2.05) is 0 Å². The van der Waals surface area contributed by atoms with Crippen LogP contribution in [0.25, 0.3) is 0 Å². The number of hydrogen-bond acceptors (Lipinski definition) is 7. The molecule has 9 heteroatoms. The molecule has 0 radical (unpaired) electrons. The van der Waals surface area contributed by atoms with Gasteiger partial charge in [-0.25, -0.2) is 4.79 Å². The lowest BCUT2D eigenvalue weighted by atomic mass is 9.96. The van der Waals surface area contributed by atoms with E-state index in [2.05, 4.69) is 0 Å². The maximum atomic E-state index is 13.1. The van der Waals surface area contributed by atoms with Crippen molar-refractivity contribution in [3.05, 3.63) is 0 Å². The molecule has 2 heterocycles. The molecule has 0 aromatic heterocycles. The van der Waals surface area contributed by atoms with Crippen molar-refractivity contribution in [1.82, 2.24) is 9.80 Å². The van der Waals surface area contributed by atoms with Crippen molar-refractivity contribution in [3.8, 4) is 0 Å². The third-order valence-corrected chi connectivity index (χ3v) is 5.78. The van der Waals surface area contributed by atoms with E-state index < -0.39 is 29.7 Å². The van der Waals surface area contributed by atoms with Crippen LogP contribution < -0.4 is 0 Å². The average Bonchev–Trinajstić information content (AvgIpc) is 3.23. The van der Waals surface area contributed by atoms with Gasteiger partial charge in [-0.1, -0.05) is 0 Å². The molecule has 2 aliphatic rings. The van der Waals surface area contributed by atoms with Gasteiger partial charge in [0.15, 0.2) is 0 Å². The van der Waals surface area contributed by atoms with Crippen LogP contribution in [0.5, 0.6) is 0 Å². The van der Waals surface area contributed by atoms with Crippen molar-refractivity contribution >= 4 is 18.0 Å². The van der Waals surface area contributed by atoms with Crippen LogP contribution in [0.4, 0.5) is 4.79 Å². The minimum atomic E-state index is -0.655. The summed E-state index contributed by atoms with van der Waals surface area (Å²) in [6.07, 6.45) is 0.774. The zero-order chi connectivity index (χ0) is 21.8. The lowest BCUT2D eigenvalue weighted by Gasteiger charge is -2.32. The van der Waals surface area contributed by atoms with Gasteiger partial charge in [0.2, 0.25) is 5.91 Å². The van der Waals surface area contributed by atoms with Crippen LogP contribution in [-0.2, 0) is 19.1 Å². The van der Waals surface area contributed by atoms with Crippen LogP contribution in [0.2, 0.25) is 0 Å². The van der Waals surface area contributed by atoms with Crippen LogP contribution in [0, 0.1) is 11.8 Å². The Hall–Kier alpha value is -1.87. The van der Waals surface area contributed by atoms with E-state index >= 15 is 0 Å². The maximum absolute atomic E-state index is 13.1. The van der Waals surface area contributed by atoms with Crippen LogP contribution >= 0.6 is 0 Å². The first kappa shape index (κ1) is 23.4. The Labute approximate surface area is 171 Å². The normalized spacial score (nSPS) is 27.2. The molecule has 0 spiro atoms. The predicted octanol–water partition coefficient (Wildman–Crippen LogP) is 0.767. The average molecular weight is 414 g/mol. The molecule has 29 heavy (non-hydrogen) atoms. The molecule has 4 atom stereocenters. The van der Waals surface area contributed by atoms with Gasteiger partial charge in [-0.2, -0.15) is 0 Å². The molecule has 2 saturated heterocycles. The van der Waals surface area contributed by atoms with Crippen molar-refractivity contribution < 1.29 is 34.1 Å². The Bertz CT molecular complexity index is 604. The molecule has 0 aromatic carbocycles. The number of aliphatic hydroxyl groups excluding tert-OH is 2. The fourth-order valence-corrected chi connectivity index (χ4v) is 4.22. The Balaban J connectivity index is 2.12. The van der Waals surface area contributed by atoms with Crippen LogP contribution in [0.1, 0.15) is 46.5 Å². The van der Waals surface area contributed by atoms with Gasteiger partial charge in [-0.05, 0) is 33.6 Å². The second-order valence-corrected chi connectivity index (χ2v) is 8.84. The number of rotatable bonds is 6. The molecular formula is C20H34N2O7. The number of carbonyl (C=O) groups is 3. The molecule has 2 N–H and O–H groups in total. The summed E-state index contributed by atoms with van der Waals surface area (Å²) in [6.45, 7) is 5.96. The molecule has 2 fully saturated rings. The molecule has 0 saturated carbocycles. The number of esters is 1. The highest BCUT2D eigenvalue weighted by Gasteiger charge is 2.43. The Morgan fingerprint density at radius 3 is 1.93 bits per heavy atom. The van der Waals surface area contributed by atoms with Gasteiger partial charge in [0.05, 0.1) is 13.5 Å². The molecule has 9 nitrogen and oxygen atoms in total. The first-order chi connectivity index (χ1) is 13.6. The smallest absolute Gasteiger partial charge is 0.410 e. The number of methoxy groups -OCH3 is 1. The van der Waals surface area contributed by atoms with Gasteiger partial charge in [0.25, 0.3) is 0 Å². The minimum Gasteiger partial charge on any atom is -0.469 e. The second kappa shape index (κ2) is 9.75. The van der Waals surface area contributed by atoms with Crippen molar-refractivity contribution in [3.63, 3.8) is 0 Å². The molecule has 0 aliphatic carbocycles. The highest BCUT2D eigenvalue weighted by molar-refractivity contribution is 5.80. The Kier molecular flexibility index (Phi) is 7.87. The van der Waals surface area contributed by atoms with Gasteiger partial charge in [0, 0.05) is 56.6 Å². The number of ether oxygens (including phenoxy) is 2. The van der Waals surface area contributed by atoms with E-state index in [-0.39, 0.29) is 43.8 Å². The minimum absolute atomic E-state index is 0.0251. The standard InChI is InChI=1S/C20H34N2O7/c1-20(2,3)29-19(27)22-8-6-13(11-23)15(22)9-17(25)21-7-5-14(12-24)16(21)10-18(26)28-4/h13-16,23-24H,5-12H2,1-4H3/t13-,14-,15-,16-/m1/s1. The van der Waals surface area contributed by atoms with E-state index in [0.717, 1.165) is 0 Å². The summed E-state index contributed by atoms with van der Waals surface area (Å²) in [5.41, 5.74) is -0.655. The molecule has 0 bridgehead atoms. The third-order valence-electron chi connectivity index (χ3n) is 5.78. The van der Waals surface area contributed by atoms with Crippen molar-refractivity contribution in [2.75, 3.05) is 33.4 Å². The number of nitrogens with zero attached hydrogens (tertiary/aromatic N) is 2.